The van der Waals surface area contributed by atoms with Gasteiger partial charge in [0.2, 0.25) is 0 Å². The Morgan fingerprint density at radius 1 is 1.04 bits per heavy atom. The van der Waals surface area contributed by atoms with Gasteiger partial charge in [-0.2, -0.15) is 0 Å². The lowest BCUT2D eigenvalue weighted by Gasteiger charge is -2.39. The lowest BCUT2D eigenvalue weighted by Crippen LogP contribution is -2.49. The highest BCUT2D eigenvalue weighted by Gasteiger charge is 2.25. The Hall–Kier alpha value is -2.37. The molecule has 1 amide bonds. The average Bonchev–Trinajstić information content (AvgIpc) is 2.75. The summed E-state index contributed by atoms with van der Waals surface area (Å²) in [5.41, 5.74) is 1.90. The van der Waals surface area contributed by atoms with Crippen LogP contribution in [0.15, 0.2) is 54.6 Å². The van der Waals surface area contributed by atoms with Crippen LogP contribution in [0.5, 0.6) is 5.75 Å². The van der Waals surface area contributed by atoms with Gasteiger partial charge in [0.1, 0.15) is 5.75 Å². The number of likely N-dealkylation sites (N-methyl/N-ethyl adjacent to an activating group) is 1. The fraction of sp³-hybridized carbons (Fsp3) is 0.409. The van der Waals surface area contributed by atoms with Crippen molar-refractivity contribution in [3.05, 3.63) is 65.7 Å². The Bertz CT molecular complexity index is 710. The first kappa shape index (κ1) is 19.4. The average molecular weight is 367 g/mol. The second-order valence-electron chi connectivity index (χ2n) is 6.84. The molecule has 0 radical (unpaired) electrons. The molecule has 5 heteroatoms. The van der Waals surface area contributed by atoms with Crippen LogP contribution < -0.4 is 10.1 Å². The molecule has 1 aliphatic rings. The maximum absolute atomic E-state index is 12.6. The van der Waals surface area contributed by atoms with Gasteiger partial charge in [0.15, 0.2) is 0 Å². The number of ether oxygens (including phenoxy) is 1. The minimum atomic E-state index is -0.0502. The van der Waals surface area contributed by atoms with Crippen molar-refractivity contribution in [2.45, 2.75) is 13.0 Å². The van der Waals surface area contributed by atoms with E-state index in [1.807, 2.05) is 18.2 Å². The molecule has 1 aliphatic heterocycles. The topological polar surface area (TPSA) is 44.8 Å². The van der Waals surface area contributed by atoms with Crippen LogP contribution in [-0.4, -0.2) is 62.1 Å². The first-order valence-electron chi connectivity index (χ1n) is 9.65. The van der Waals surface area contributed by atoms with Gasteiger partial charge >= 0.3 is 0 Å². The predicted molar refractivity (Wildman–Crippen MR) is 108 cm³/mol. The minimum absolute atomic E-state index is 0.0502. The maximum atomic E-state index is 12.6. The van der Waals surface area contributed by atoms with Crippen molar-refractivity contribution in [1.29, 1.82) is 0 Å². The van der Waals surface area contributed by atoms with Gasteiger partial charge in [-0.3, -0.25) is 9.69 Å². The first-order chi connectivity index (χ1) is 13.2. The van der Waals surface area contributed by atoms with Gasteiger partial charge in [-0.15, -0.1) is 0 Å². The third-order valence-corrected chi connectivity index (χ3v) is 5.29. The maximum Gasteiger partial charge on any atom is 0.251 e. The van der Waals surface area contributed by atoms with Crippen molar-refractivity contribution < 1.29 is 9.53 Å². The molecule has 1 saturated heterocycles. The number of nitrogens with zero attached hydrogens (tertiary/aromatic N) is 2. The van der Waals surface area contributed by atoms with E-state index in [1.54, 1.807) is 19.2 Å². The third-order valence-electron chi connectivity index (χ3n) is 5.29. The lowest BCUT2D eigenvalue weighted by atomic mass is 10.0. The van der Waals surface area contributed by atoms with E-state index in [1.165, 1.54) is 5.56 Å². The Kier molecular flexibility index (Phi) is 6.85. The van der Waals surface area contributed by atoms with Gasteiger partial charge in [0.25, 0.3) is 5.91 Å². The SMILES string of the molecule is CCN1CCN(C(CNC(=O)c2ccc(OC)cc2)c2ccccc2)CC1. The normalized spacial score (nSPS) is 16.7. The van der Waals surface area contributed by atoms with E-state index in [9.17, 15) is 4.79 Å². The van der Waals surface area contributed by atoms with Crippen LogP contribution in [0.1, 0.15) is 28.9 Å². The molecule has 1 atom stereocenters. The number of carbonyl (C=O) groups is 1. The van der Waals surface area contributed by atoms with Gasteiger partial charge in [-0.25, -0.2) is 0 Å². The van der Waals surface area contributed by atoms with Crippen LogP contribution in [0.25, 0.3) is 0 Å². The van der Waals surface area contributed by atoms with E-state index >= 15 is 0 Å². The van der Waals surface area contributed by atoms with E-state index in [2.05, 4.69) is 46.3 Å². The highest BCUT2D eigenvalue weighted by Crippen LogP contribution is 2.22. The zero-order chi connectivity index (χ0) is 19.1. The molecule has 0 bridgehead atoms. The molecule has 5 nitrogen and oxygen atoms in total. The van der Waals surface area contributed by atoms with Crippen LogP contribution in [-0.2, 0) is 0 Å². The van der Waals surface area contributed by atoms with E-state index in [4.69, 9.17) is 4.74 Å². The second-order valence-corrected chi connectivity index (χ2v) is 6.84. The highest BCUT2D eigenvalue weighted by molar-refractivity contribution is 5.94. The number of methoxy groups -OCH3 is 1. The molecular formula is C22H29N3O2. The fourth-order valence-corrected chi connectivity index (χ4v) is 3.56. The molecule has 0 saturated carbocycles. The number of hydrogen-bond donors (Lipinski definition) is 1. The molecule has 1 heterocycles. The monoisotopic (exact) mass is 367 g/mol. The molecule has 0 spiro atoms. The molecule has 1 N–H and O–H groups in total. The van der Waals surface area contributed by atoms with Crippen LogP contribution >= 0.6 is 0 Å². The van der Waals surface area contributed by atoms with Crippen LogP contribution in [0.3, 0.4) is 0 Å². The Labute approximate surface area is 161 Å². The van der Waals surface area contributed by atoms with Gasteiger partial charge < -0.3 is 15.0 Å². The summed E-state index contributed by atoms with van der Waals surface area (Å²) in [5, 5.41) is 3.12. The molecule has 1 fully saturated rings. The highest BCUT2D eigenvalue weighted by atomic mass is 16.5. The summed E-state index contributed by atoms with van der Waals surface area (Å²) < 4.78 is 5.16. The number of hydrogen-bond acceptors (Lipinski definition) is 4. The number of piperazine rings is 1. The van der Waals surface area contributed by atoms with Gasteiger partial charge in [-0.05, 0) is 36.4 Å². The van der Waals surface area contributed by atoms with E-state index < -0.39 is 0 Å². The first-order valence-corrected chi connectivity index (χ1v) is 9.65. The van der Waals surface area contributed by atoms with E-state index in [0.29, 0.717) is 12.1 Å². The van der Waals surface area contributed by atoms with Crippen molar-refractivity contribution >= 4 is 5.91 Å². The summed E-state index contributed by atoms with van der Waals surface area (Å²) in [7, 11) is 1.62. The molecule has 0 aromatic heterocycles. The van der Waals surface area contributed by atoms with Crippen LogP contribution in [0.2, 0.25) is 0 Å². The zero-order valence-electron chi connectivity index (χ0n) is 16.2. The van der Waals surface area contributed by atoms with Crippen molar-refractivity contribution in [3.8, 4) is 5.75 Å². The Morgan fingerprint density at radius 3 is 2.30 bits per heavy atom. The van der Waals surface area contributed by atoms with Gasteiger partial charge in [-0.1, -0.05) is 37.3 Å². The zero-order valence-corrected chi connectivity index (χ0v) is 16.2. The summed E-state index contributed by atoms with van der Waals surface area (Å²) in [6.07, 6.45) is 0. The van der Waals surface area contributed by atoms with Gasteiger partial charge in [0.05, 0.1) is 13.2 Å². The van der Waals surface area contributed by atoms with Crippen molar-refractivity contribution in [3.63, 3.8) is 0 Å². The molecule has 144 valence electrons. The summed E-state index contributed by atoms with van der Waals surface area (Å²) in [6, 6.07) is 17.9. The summed E-state index contributed by atoms with van der Waals surface area (Å²) in [6.45, 7) is 8.09. The number of rotatable bonds is 7. The summed E-state index contributed by atoms with van der Waals surface area (Å²) in [4.78, 5) is 17.5. The number of amides is 1. The van der Waals surface area contributed by atoms with E-state index in [-0.39, 0.29) is 11.9 Å². The second kappa shape index (κ2) is 9.53. The standard InChI is InChI=1S/C22H29N3O2/c1-3-24-13-15-25(16-14-24)21(18-7-5-4-6-8-18)17-23-22(26)19-9-11-20(27-2)12-10-19/h4-12,21H,3,13-17H2,1-2H3,(H,23,26). The summed E-state index contributed by atoms with van der Waals surface area (Å²) >= 11 is 0. The number of nitrogens with one attached hydrogen (secondary N) is 1. The fourth-order valence-electron chi connectivity index (χ4n) is 3.56. The largest absolute Gasteiger partial charge is 0.497 e. The molecule has 2 aromatic carbocycles. The van der Waals surface area contributed by atoms with Gasteiger partial charge in [0, 0.05) is 38.3 Å². The molecular weight excluding hydrogens is 338 g/mol. The molecule has 27 heavy (non-hydrogen) atoms. The lowest BCUT2D eigenvalue weighted by molar-refractivity contribution is 0.0855. The molecule has 1 unspecified atom stereocenters. The smallest absolute Gasteiger partial charge is 0.251 e. The predicted octanol–water partition coefficient (Wildman–Crippen LogP) is 2.80. The molecule has 0 aliphatic carbocycles. The van der Waals surface area contributed by atoms with Crippen LogP contribution in [0, 0.1) is 0 Å². The Morgan fingerprint density at radius 2 is 1.70 bits per heavy atom. The summed E-state index contributed by atoms with van der Waals surface area (Å²) in [5.74, 6) is 0.702. The minimum Gasteiger partial charge on any atom is -0.497 e. The quantitative estimate of drug-likeness (QED) is 0.817. The van der Waals surface area contributed by atoms with Crippen LogP contribution in [0.4, 0.5) is 0 Å². The number of benzene rings is 2. The molecule has 3 rings (SSSR count). The van der Waals surface area contributed by atoms with E-state index in [0.717, 1.165) is 38.5 Å². The van der Waals surface area contributed by atoms with Crippen molar-refractivity contribution in [1.82, 2.24) is 15.1 Å². The molecule has 2 aromatic rings. The van der Waals surface area contributed by atoms with Crippen molar-refractivity contribution in [2.24, 2.45) is 0 Å². The van der Waals surface area contributed by atoms with Crippen molar-refractivity contribution in [2.75, 3.05) is 46.4 Å². The number of carbonyl (C=O) groups excluding carboxylic acids is 1. The third kappa shape index (κ3) is 5.08. The Balaban J connectivity index is 1.67.